The quantitative estimate of drug-likeness (QED) is 0.809. The Morgan fingerprint density at radius 2 is 2.09 bits per heavy atom. The Balaban J connectivity index is 2.28. The molecule has 0 heterocycles. The number of Topliss-reactive ketones (excluding diaryl/α,β-unsaturated/α-hetero) is 1. The maximum atomic E-state index is 12.1. The van der Waals surface area contributed by atoms with Crippen molar-refractivity contribution < 1.29 is 14.7 Å². The van der Waals surface area contributed by atoms with Gasteiger partial charge in [0, 0.05) is 25.4 Å². The molecule has 0 saturated heterocycles. The van der Waals surface area contributed by atoms with Gasteiger partial charge in [-0.05, 0) is 30.7 Å². The number of benzene rings is 1. The molecule has 116 valence electrons. The number of ketones is 2. The zero-order valence-corrected chi connectivity index (χ0v) is 12.7. The van der Waals surface area contributed by atoms with Crippen molar-refractivity contribution in [1.29, 1.82) is 0 Å². The number of nitrogens with two attached hydrogens (primary N) is 1. The van der Waals surface area contributed by atoms with Crippen molar-refractivity contribution in [3.8, 4) is 0 Å². The van der Waals surface area contributed by atoms with Gasteiger partial charge in [-0.2, -0.15) is 0 Å². The highest BCUT2D eigenvalue weighted by Gasteiger charge is 2.26. The van der Waals surface area contributed by atoms with Gasteiger partial charge >= 0.3 is 0 Å². The highest BCUT2D eigenvalue weighted by atomic mass is 16.3. The Morgan fingerprint density at radius 3 is 2.73 bits per heavy atom. The van der Waals surface area contributed by atoms with Gasteiger partial charge in [0.15, 0.2) is 5.78 Å². The molecule has 0 atom stereocenters. The fraction of sp³-hybridized carbons (Fsp3) is 0.312. The van der Waals surface area contributed by atoms with Crippen molar-refractivity contribution in [2.24, 2.45) is 4.99 Å². The lowest BCUT2D eigenvalue weighted by Crippen LogP contribution is -2.33. The number of aliphatic hydroxyl groups excluding tert-OH is 1. The monoisotopic (exact) mass is 301 g/mol. The van der Waals surface area contributed by atoms with E-state index in [0.717, 1.165) is 5.56 Å². The number of likely N-dealkylation sites (N-methyl/N-ethyl adjacent to an activating group) is 1. The van der Waals surface area contributed by atoms with Crippen molar-refractivity contribution >= 4 is 28.7 Å². The summed E-state index contributed by atoms with van der Waals surface area (Å²) in [6.45, 7) is 2.07. The summed E-state index contributed by atoms with van der Waals surface area (Å²) in [5.41, 5.74) is 8.40. The summed E-state index contributed by atoms with van der Waals surface area (Å²) in [7, 11) is 1.67. The van der Waals surface area contributed by atoms with Crippen LogP contribution in [0.3, 0.4) is 0 Å². The van der Waals surface area contributed by atoms with Crippen molar-refractivity contribution in [1.82, 2.24) is 4.90 Å². The molecule has 0 aromatic heterocycles. The summed E-state index contributed by atoms with van der Waals surface area (Å²) in [6, 6.07) is 5.21. The van der Waals surface area contributed by atoms with E-state index >= 15 is 0 Å². The fourth-order valence-electron chi connectivity index (χ4n) is 2.19. The summed E-state index contributed by atoms with van der Waals surface area (Å²) in [6.07, 6.45) is 1.24. The van der Waals surface area contributed by atoms with Gasteiger partial charge < -0.3 is 15.7 Å². The lowest BCUT2D eigenvalue weighted by atomic mass is 9.99. The van der Waals surface area contributed by atoms with Crippen molar-refractivity contribution in [2.75, 3.05) is 25.9 Å². The van der Waals surface area contributed by atoms with Gasteiger partial charge in [-0.1, -0.05) is 0 Å². The number of carbonyl (C=O) groups excluding carboxylic acids is 2. The molecule has 3 N–H and O–H groups in total. The fourth-order valence-corrected chi connectivity index (χ4v) is 2.19. The predicted octanol–water partition coefficient (Wildman–Crippen LogP) is 1.000. The highest BCUT2D eigenvalue weighted by molar-refractivity contribution is 6.50. The number of aliphatic imine (C=N–C) groups is 1. The third-order valence-electron chi connectivity index (χ3n) is 3.53. The molecule has 0 saturated carbocycles. The van der Waals surface area contributed by atoms with Crippen LogP contribution in [0.5, 0.6) is 0 Å². The second kappa shape index (κ2) is 6.53. The topological polar surface area (TPSA) is 96.0 Å². The first-order valence-corrected chi connectivity index (χ1v) is 6.97. The molecule has 1 aliphatic carbocycles. The van der Waals surface area contributed by atoms with Crippen LogP contribution in [0.25, 0.3) is 0 Å². The van der Waals surface area contributed by atoms with Gasteiger partial charge in [-0.25, -0.2) is 4.99 Å². The zero-order chi connectivity index (χ0) is 16.3. The number of aryl methyl sites for hydroxylation is 1. The molecular formula is C16H19N3O3. The van der Waals surface area contributed by atoms with Gasteiger partial charge in [-0.3, -0.25) is 9.59 Å². The van der Waals surface area contributed by atoms with Crippen molar-refractivity contribution in [3.05, 3.63) is 35.5 Å². The van der Waals surface area contributed by atoms with Crippen LogP contribution in [0, 0.1) is 6.92 Å². The number of carbonyl (C=O) groups is 2. The van der Waals surface area contributed by atoms with E-state index in [0.29, 0.717) is 23.6 Å². The average Bonchev–Trinajstić information content (AvgIpc) is 2.46. The summed E-state index contributed by atoms with van der Waals surface area (Å²) >= 11 is 0. The van der Waals surface area contributed by atoms with E-state index in [1.165, 1.54) is 6.08 Å². The number of hydrogen-bond acceptors (Lipinski definition) is 6. The molecular weight excluding hydrogens is 282 g/mol. The van der Waals surface area contributed by atoms with Crippen LogP contribution in [0.4, 0.5) is 11.4 Å². The lowest BCUT2D eigenvalue weighted by molar-refractivity contribution is -0.118. The van der Waals surface area contributed by atoms with Gasteiger partial charge in [0.2, 0.25) is 5.78 Å². The summed E-state index contributed by atoms with van der Waals surface area (Å²) in [5.74, 6) is -0.463. The molecule has 0 unspecified atom stereocenters. The summed E-state index contributed by atoms with van der Waals surface area (Å²) in [5, 5.41) is 8.92. The Bertz CT molecular complexity index is 677. The Labute approximate surface area is 128 Å². The number of rotatable bonds is 4. The predicted molar refractivity (Wildman–Crippen MR) is 85.1 cm³/mol. The van der Waals surface area contributed by atoms with E-state index in [4.69, 9.17) is 10.8 Å². The van der Waals surface area contributed by atoms with Crippen LogP contribution in [-0.2, 0) is 9.59 Å². The molecule has 6 nitrogen and oxygen atoms in total. The third kappa shape index (κ3) is 3.40. The van der Waals surface area contributed by atoms with Crippen LogP contribution in [-0.4, -0.2) is 47.5 Å². The van der Waals surface area contributed by atoms with Crippen molar-refractivity contribution in [2.45, 2.75) is 13.3 Å². The minimum Gasteiger partial charge on any atom is -0.399 e. The largest absolute Gasteiger partial charge is 0.399 e. The van der Waals surface area contributed by atoms with E-state index in [1.807, 2.05) is 6.92 Å². The summed E-state index contributed by atoms with van der Waals surface area (Å²) < 4.78 is 0. The molecule has 0 aliphatic heterocycles. The van der Waals surface area contributed by atoms with Gasteiger partial charge in [0.05, 0.1) is 30.1 Å². The van der Waals surface area contributed by atoms with Gasteiger partial charge in [-0.15, -0.1) is 0 Å². The molecule has 1 aliphatic rings. The van der Waals surface area contributed by atoms with E-state index < -0.39 is 0 Å². The first-order valence-electron chi connectivity index (χ1n) is 6.97. The second-order valence-electron chi connectivity index (χ2n) is 5.24. The van der Waals surface area contributed by atoms with Crippen LogP contribution in [0.15, 0.2) is 35.0 Å². The van der Waals surface area contributed by atoms with Gasteiger partial charge in [0.1, 0.15) is 0 Å². The van der Waals surface area contributed by atoms with E-state index in [9.17, 15) is 9.59 Å². The standard InChI is InChI=1S/C16H19N3O3/c1-10-7-11(3-4-12(10)17)18-13-8-16(22)14(9-15(13)21)19(2)5-6-20/h3-4,7,9,20H,5-6,8,17H2,1-2H3. The molecule has 1 aromatic carbocycles. The van der Waals surface area contributed by atoms with E-state index in [1.54, 1.807) is 30.1 Å². The SMILES string of the molecule is Cc1cc(N=C2CC(=O)C(N(C)CCO)=CC2=O)ccc1N. The Kier molecular flexibility index (Phi) is 4.72. The molecule has 1 aromatic rings. The summed E-state index contributed by atoms with van der Waals surface area (Å²) in [4.78, 5) is 30.1. The number of anilines is 1. The van der Waals surface area contributed by atoms with E-state index in [2.05, 4.69) is 4.99 Å². The molecule has 0 amide bonds. The zero-order valence-electron chi connectivity index (χ0n) is 12.7. The first-order chi connectivity index (χ1) is 10.4. The number of aliphatic hydroxyl groups is 1. The Hall–Kier alpha value is -2.47. The number of nitrogens with zero attached hydrogens (tertiary/aromatic N) is 2. The molecule has 0 spiro atoms. The van der Waals surface area contributed by atoms with Crippen LogP contribution in [0.1, 0.15) is 12.0 Å². The van der Waals surface area contributed by atoms with E-state index in [-0.39, 0.29) is 30.3 Å². The lowest BCUT2D eigenvalue weighted by Gasteiger charge is -2.23. The molecule has 0 radical (unpaired) electrons. The third-order valence-corrected chi connectivity index (χ3v) is 3.53. The minimum absolute atomic E-state index is 0.0378. The number of allylic oxidation sites excluding steroid dienone is 2. The number of nitrogen functional groups attached to an aromatic ring is 1. The van der Waals surface area contributed by atoms with Crippen LogP contribution >= 0.6 is 0 Å². The molecule has 0 bridgehead atoms. The first kappa shape index (κ1) is 15.9. The normalized spacial score (nSPS) is 16.9. The van der Waals surface area contributed by atoms with Crippen LogP contribution < -0.4 is 5.73 Å². The van der Waals surface area contributed by atoms with Crippen molar-refractivity contribution in [3.63, 3.8) is 0 Å². The smallest absolute Gasteiger partial charge is 0.202 e. The molecule has 6 heteroatoms. The second-order valence-corrected chi connectivity index (χ2v) is 5.24. The Morgan fingerprint density at radius 1 is 1.36 bits per heavy atom. The van der Waals surface area contributed by atoms with Gasteiger partial charge in [0.25, 0.3) is 0 Å². The number of hydrogen-bond donors (Lipinski definition) is 2. The molecule has 0 fully saturated rings. The molecule has 2 rings (SSSR count). The highest BCUT2D eigenvalue weighted by Crippen LogP contribution is 2.22. The minimum atomic E-state index is -0.283. The maximum absolute atomic E-state index is 12.1. The average molecular weight is 301 g/mol. The maximum Gasteiger partial charge on any atom is 0.202 e. The van der Waals surface area contributed by atoms with Crippen LogP contribution in [0.2, 0.25) is 0 Å². The molecule has 22 heavy (non-hydrogen) atoms.